The van der Waals surface area contributed by atoms with Crippen molar-refractivity contribution in [3.63, 3.8) is 0 Å². The topological polar surface area (TPSA) is 38.7 Å². The largest absolute Gasteiger partial charge is 0.359 e. The first kappa shape index (κ1) is 16.4. The van der Waals surface area contributed by atoms with E-state index in [0.717, 1.165) is 16.8 Å². The minimum Gasteiger partial charge on any atom is -0.359 e. The molecule has 0 bridgehead atoms. The fourth-order valence-corrected chi connectivity index (χ4v) is 3.58. The molecule has 0 saturated carbocycles. The molecule has 0 aliphatic heterocycles. The second-order valence-corrected chi connectivity index (χ2v) is 6.15. The van der Waals surface area contributed by atoms with Crippen molar-refractivity contribution in [3.8, 4) is 0 Å². The van der Waals surface area contributed by atoms with Gasteiger partial charge in [0.2, 0.25) is 5.78 Å². The highest BCUT2D eigenvalue weighted by molar-refractivity contribution is 6.53. The second-order valence-electron chi connectivity index (χ2n) is 6.15. The summed E-state index contributed by atoms with van der Waals surface area (Å²) in [5.74, 6) is -0.0817. The molecule has 1 aliphatic carbocycles. The fourth-order valence-electron chi connectivity index (χ4n) is 3.58. The summed E-state index contributed by atoms with van der Waals surface area (Å²) in [6.07, 6.45) is 0. The predicted octanol–water partition coefficient (Wildman–Crippen LogP) is 4.94. The van der Waals surface area contributed by atoms with E-state index in [1.54, 1.807) is 0 Å². The molecule has 0 fully saturated rings. The lowest BCUT2D eigenvalue weighted by molar-refractivity contribution is 0.0456. The first-order valence-electron chi connectivity index (χ1n) is 8.75. The van der Waals surface area contributed by atoms with E-state index in [1.807, 2.05) is 91.9 Å². The van der Waals surface area contributed by atoms with Gasteiger partial charge in [-0.3, -0.25) is 4.79 Å². The number of Topliss-reactive ketones (excluding diaryl/α,β-unsaturated/α-hetero) is 1. The van der Waals surface area contributed by atoms with Crippen molar-refractivity contribution in [2.45, 2.75) is 12.5 Å². The number of hydrogen-bond donors (Lipinski definition) is 0. The van der Waals surface area contributed by atoms with E-state index < -0.39 is 5.60 Å². The number of ketones is 1. The molecule has 1 unspecified atom stereocenters. The molecule has 3 aromatic rings. The zero-order valence-electron chi connectivity index (χ0n) is 14.6. The highest BCUT2D eigenvalue weighted by Crippen LogP contribution is 2.44. The lowest BCUT2D eigenvalue weighted by Gasteiger charge is -2.31. The van der Waals surface area contributed by atoms with Gasteiger partial charge in [-0.25, -0.2) is 4.99 Å². The molecule has 3 aromatic carbocycles. The summed E-state index contributed by atoms with van der Waals surface area (Å²) in [4.78, 5) is 18.0. The Balaban J connectivity index is 2.03. The molecular formula is C23H19NO2. The Labute approximate surface area is 153 Å². The van der Waals surface area contributed by atoms with Crippen LogP contribution in [0.2, 0.25) is 0 Å². The molecule has 26 heavy (non-hydrogen) atoms. The SMILES string of the molecule is CCOC1(c2ccccc2)C(=Nc2ccccc2)C(=O)c2ccccc21. The molecule has 0 saturated heterocycles. The summed E-state index contributed by atoms with van der Waals surface area (Å²) in [6, 6.07) is 27.0. The zero-order valence-corrected chi connectivity index (χ0v) is 14.6. The van der Waals surface area contributed by atoms with Crippen LogP contribution in [0.25, 0.3) is 0 Å². The molecule has 0 N–H and O–H groups in total. The van der Waals surface area contributed by atoms with Crippen LogP contribution in [0.4, 0.5) is 5.69 Å². The molecule has 0 amide bonds. The van der Waals surface area contributed by atoms with Crippen LogP contribution in [-0.4, -0.2) is 18.1 Å². The van der Waals surface area contributed by atoms with Gasteiger partial charge < -0.3 is 4.74 Å². The molecule has 0 heterocycles. The van der Waals surface area contributed by atoms with E-state index in [4.69, 9.17) is 9.73 Å². The quantitative estimate of drug-likeness (QED) is 0.674. The Morgan fingerprint density at radius 3 is 2.15 bits per heavy atom. The van der Waals surface area contributed by atoms with Gasteiger partial charge in [0.1, 0.15) is 5.71 Å². The van der Waals surface area contributed by atoms with Gasteiger partial charge in [-0.1, -0.05) is 72.8 Å². The standard InChI is InChI=1S/C23H19NO2/c1-2-26-23(17-11-5-3-6-12-17)20-16-10-9-15-19(20)21(25)22(23)24-18-13-7-4-8-14-18/h3-16H,2H2,1H3. The second kappa shape index (κ2) is 6.70. The van der Waals surface area contributed by atoms with E-state index in [2.05, 4.69) is 0 Å². The molecule has 3 nitrogen and oxygen atoms in total. The molecule has 0 spiro atoms. The number of benzene rings is 3. The number of para-hydroxylation sites is 1. The first-order valence-corrected chi connectivity index (χ1v) is 8.75. The van der Waals surface area contributed by atoms with Crippen molar-refractivity contribution >= 4 is 17.2 Å². The van der Waals surface area contributed by atoms with E-state index >= 15 is 0 Å². The molecule has 3 heteroatoms. The Morgan fingerprint density at radius 1 is 0.846 bits per heavy atom. The van der Waals surface area contributed by atoms with E-state index in [9.17, 15) is 4.79 Å². The van der Waals surface area contributed by atoms with Gasteiger partial charge in [-0.15, -0.1) is 0 Å². The number of aliphatic imine (C=N–C) groups is 1. The molecule has 128 valence electrons. The van der Waals surface area contributed by atoms with E-state index in [-0.39, 0.29) is 5.78 Å². The Morgan fingerprint density at radius 2 is 1.46 bits per heavy atom. The van der Waals surface area contributed by atoms with E-state index in [1.165, 1.54) is 0 Å². The minimum atomic E-state index is -0.987. The lowest BCUT2D eigenvalue weighted by Crippen LogP contribution is -2.38. The summed E-state index contributed by atoms with van der Waals surface area (Å²) in [7, 11) is 0. The average molecular weight is 341 g/mol. The summed E-state index contributed by atoms with van der Waals surface area (Å²) < 4.78 is 6.31. The maximum atomic E-state index is 13.3. The van der Waals surface area contributed by atoms with Gasteiger partial charge in [-0.05, 0) is 24.6 Å². The normalized spacial score (nSPS) is 20.3. The van der Waals surface area contributed by atoms with Crippen LogP contribution in [0.15, 0.2) is 89.9 Å². The van der Waals surface area contributed by atoms with Crippen LogP contribution < -0.4 is 0 Å². The number of carbonyl (C=O) groups excluding carboxylic acids is 1. The Kier molecular flexibility index (Phi) is 4.23. The lowest BCUT2D eigenvalue weighted by atomic mass is 9.86. The van der Waals surface area contributed by atoms with Crippen molar-refractivity contribution in [1.29, 1.82) is 0 Å². The minimum absolute atomic E-state index is 0.0817. The first-order chi connectivity index (χ1) is 12.8. The zero-order chi connectivity index (χ0) is 18.0. The van der Waals surface area contributed by atoms with Crippen molar-refractivity contribution in [2.24, 2.45) is 4.99 Å². The maximum Gasteiger partial charge on any atom is 0.211 e. The number of nitrogens with zero attached hydrogens (tertiary/aromatic N) is 1. The number of rotatable bonds is 4. The Bertz CT molecular complexity index is 964. The average Bonchev–Trinajstić information content (AvgIpc) is 2.94. The van der Waals surface area contributed by atoms with Gasteiger partial charge in [0.05, 0.1) is 5.69 Å². The number of fused-ring (bicyclic) bond motifs is 1. The predicted molar refractivity (Wildman–Crippen MR) is 103 cm³/mol. The number of hydrogen-bond acceptors (Lipinski definition) is 3. The third-order valence-corrected chi connectivity index (χ3v) is 4.64. The van der Waals surface area contributed by atoms with Crippen LogP contribution in [0, 0.1) is 0 Å². The third kappa shape index (κ3) is 2.49. The molecule has 4 rings (SSSR count). The Hall–Kier alpha value is -3.04. The highest BCUT2D eigenvalue weighted by atomic mass is 16.5. The summed E-state index contributed by atoms with van der Waals surface area (Å²) in [5.41, 5.74) is 2.59. The smallest absolute Gasteiger partial charge is 0.211 e. The van der Waals surface area contributed by atoms with Crippen LogP contribution in [-0.2, 0) is 10.3 Å². The van der Waals surface area contributed by atoms with Crippen LogP contribution in [0.1, 0.15) is 28.4 Å². The molecular weight excluding hydrogens is 322 g/mol. The van der Waals surface area contributed by atoms with Gasteiger partial charge in [0.25, 0.3) is 0 Å². The van der Waals surface area contributed by atoms with Gasteiger partial charge >= 0.3 is 0 Å². The van der Waals surface area contributed by atoms with Crippen molar-refractivity contribution < 1.29 is 9.53 Å². The van der Waals surface area contributed by atoms with Gasteiger partial charge in [0, 0.05) is 17.7 Å². The number of carbonyl (C=O) groups is 1. The highest BCUT2D eigenvalue weighted by Gasteiger charge is 2.51. The molecule has 0 radical (unpaired) electrons. The van der Waals surface area contributed by atoms with Gasteiger partial charge in [0.15, 0.2) is 5.60 Å². The van der Waals surface area contributed by atoms with Crippen molar-refractivity contribution in [2.75, 3.05) is 6.61 Å². The monoisotopic (exact) mass is 341 g/mol. The maximum absolute atomic E-state index is 13.3. The molecule has 1 atom stereocenters. The van der Waals surface area contributed by atoms with E-state index in [0.29, 0.717) is 17.9 Å². The fraction of sp³-hybridized carbons (Fsp3) is 0.130. The van der Waals surface area contributed by atoms with Crippen LogP contribution >= 0.6 is 0 Å². The molecule has 1 aliphatic rings. The third-order valence-electron chi connectivity index (χ3n) is 4.64. The van der Waals surface area contributed by atoms with Crippen LogP contribution in [0.3, 0.4) is 0 Å². The summed E-state index contributed by atoms with van der Waals surface area (Å²) in [6.45, 7) is 2.40. The van der Waals surface area contributed by atoms with Crippen molar-refractivity contribution in [3.05, 3.63) is 102 Å². The summed E-state index contributed by atoms with van der Waals surface area (Å²) in [5, 5.41) is 0. The number of ether oxygens (including phenoxy) is 1. The van der Waals surface area contributed by atoms with Gasteiger partial charge in [-0.2, -0.15) is 0 Å². The van der Waals surface area contributed by atoms with Crippen LogP contribution in [0.5, 0.6) is 0 Å². The summed E-state index contributed by atoms with van der Waals surface area (Å²) >= 11 is 0. The van der Waals surface area contributed by atoms with Crippen molar-refractivity contribution in [1.82, 2.24) is 0 Å². The molecule has 0 aromatic heterocycles.